The third kappa shape index (κ3) is 6.79. The second-order valence-corrected chi connectivity index (χ2v) is 13.2. The van der Waals surface area contributed by atoms with E-state index in [2.05, 4.69) is 0 Å². The summed E-state index contributed by atoms with van der Waals surface area (Å²) in [6.45, 7) is 1.22. The van der Waals surface area contributed by atoms with Gasteiger partial charge in [-0.15, -0.1) is 0 Å². The third-order valence-corrected chi connectivity index (χ3v) is 9.74. The number of hydrogen-bond acceptors (Lipinski definition) is 4. The van der Waals surface area contributed by atoms with Crippen molar-refractivity contribution in [2.24, 2.45) is 0 Å². The minimum Gasteiger partial charge on any atom is -0.228 e. The van der Waals surface area contributed by atoms with Crippen molar-refractivity contribution in [3.63, 3.8) is 0 Å². The van der Waals surface area contributed by atoms with Gasteiger partial charge in [0.15, 0.2) is 11.6 Å². The van der Waals surface area contributed by atoms with Crippen molar-refractivity contribution in [3.05, 3.63) is 193 Å². The largest absolute Gasteiger partial charge is 0.402 e. The molecule has 0 bridgehead atoms. The van der Waals surface area contributed by atoms with Crippen LogP contribution in [0, 0.1) is 0 Å². The predicted molar refractivity (Wildman–Crippen MR) is 209 cm³/mol. The lowest BCUT2D eigenvalue weighted by Crippen LogP contribution is -2.40. The second-order valence-electron chi connectivity index (χ2n) is 13.2. The Morgan fingerprint density at radius 1 is 0.333 bits per heavy atom. The molecule has 0 amide bonds. The molecule has 0 aliphatic carbocycles. The fraction of sp³-hybridized carbons (Fsp3) is 0.0638. The van der Waals surface area contributed by atoms with Crippen LogP contribution in [0.5, 0.6) is 0 Å². The molecular weight excluding hydrogens is 678 g/mol. The van der Waals surface area contributed by atoms with Crippen LogP contribution in [-0.2, 0) is 5.41 Å². The highest BCUT2D eigenvalue weighted by Gasteiger charge is 2.53. The van der Waals surface area contributed by atoms with E-state index in [4.69, 9.17) is 19.9 Å². The molecule has 0 atom stereocenters. The SMILES string of the molecule is CC(c1ccc(-c2nc(-c3ccccc3)cc(-c3ccccc3)n2)cc1)(c1ccc(-c2nc(-c3ccccc3)cc(-c3ccccc3)n2)cc1)C(F)(F)F. The molecule has 54 heavy (non-hydrogen) atoms. The van der Waals surface area contributed by atoms with Crippen LogP contribution in [0.25, 0.3) is 67.8 Å². The van der Waals surface area contributed by atoms with Gasteiger partial charge in [-0.3, -0.25) is 0 Å². The molecule has 0 saturated carbocycles. The molecule has 4 nitrogen and oxygen atoms in total. The van der Waals surface area contributed by atoms with Gasteiger partial charge in [0, 0.05) is 33.4 Å². The minimum atomic E-state index is -4.61. The summed E-state index contributed by atoms with van der Waals surface area (Å²) in [6.07, 6.45) is -4.61. The number of alkyl halides is 3. The monoisotopic (exact) mass is 710 g/mol. The molecule has 2 heterocycles. The van der Waals surface area contributed by atoms with E-state index in [-0.39, 0.29) is 11.1 Å². The molecule has 0 unspecified atom stereocenters. The molecule has 262 valence electrons. The van der Waals surface area contributed by atoms with Crippen molar-refractivity contribution < 1.29 is 13.2 Å². The van der Waals surface area contributed by atoms with Gasteiger partial charge < -0.3 is 0 Å². The molecular formula is C47H33F3N4. The second kappa shape index (κ2) is 14.4. The van der Waals surface area contributed by atoms with Gasteiger partial charge >= 0.3 is 6.18 Å². The van der Waals surface area contributed by atoms with E-state index in [0.29, 0.717) is 22.8 Å². The molecule has 8 rings (SSSR count). The molecule has 0 spiro atoms. The zero-order valence-corrected chi connectivity index (χ0v) is 29.2. The minimum absolute atomic E-state index is 0.0997. The first-order valence-electron chi connectivity index (χ1n) is 17.5. The summed E-state index contributed by atoms with van der Waals surface area (Å²) in [7, 11) is 0. The summed E-state index contributed by atoms with van der Waals surface area (Å²) in [5.74, 6) is 0.847. The van der Waals surface area contributed by atoms with E-state index in [1.165, 1.54) is 31.2 Å². The van der Waals surface area contributed by atoms with Gasteiger partial charge in [0.2, 0.25) is 0 Å². The Morgan fingerprint density at radius 3 is 0.833 bits per heavy atom. The van der Waals surface area contributed by atoms with Crippen LogP contribution < -0.4 is 0 Å². The first kappa shape index (κ1) is 34.4. The molecule has 0 fully saturated rings. The number of aromatic nitrogens is 4. The smallest absolute Gasteiger partial charge is 0.228 e. The molecule has 0 radical (unpaired) electrons. The lowest BCUT2D eigenvalue weighted by Gasteiger charge is -2.33. The molecule has 2 aromatic heterocycles. The van der Waals surface area contributed by atoms with E-state index in [1.54, 1.807) is 24.3 Å². The summed E-state index contributed by atoms with van der Waals surface area (Å²) < 4.78 is 45.7. The molecule has 0 aliphatic rings. The topological polar surface area (TPSA) is 51.6 Å². The van der Waals surface area contributed by atoms with Crippen LogP contribution >= 0.6 is 0 Å². The number of halogens is 3. The quantitative estimate of drug-likeness (QED) is 0.158. The van der Waals surface area contributed by atoms with Crippen molar-refractivity contribution in [1.82, 2.24) is 19.9 Å². The van der Waals surface area contributed by atoms with Crippen LogP contribution in [-0.4, -0.2) is 26.1 Å². The number of nitrogens with zero attached hydrogens (tertiary/aromatic N) is 4. The van der Waals surface area contributed by atoms with Gasteiger partial charge in [-0.2, -0.15) is 13.2 Å². The van der Waals surface area contributed by atoms with Gasteiger partial charge in [-0.1, -0.05) is 170 Å². The molecule has 0 N–H and O–H groups in total. The van der Waals surface area contributed by atoms with Crippen LogP contribution in [0.2, 0.25) is 0 Å². The summed E-state index contributed by atoms with van der Waals surface area (Å²) in [5, 5.41) is 0. The maximum Gasteiger partial charge on any atom is 0.402 e. The fourth-order valence-corrected chi connectivity index (χ4v) is 6.58. The lowest BCUT2D eigenvalue weighted by molar-refractivity contribution is -0.173. The Balaban J connectivity index is 1.16. The average Bonchev–Trinajstić information content (AvgIpc) is 3.24. The van der Waals surface area contributed by atoms with E-state index >= 15 is 13.2 Å². The standard InChI is InChI=1S/C47H33F3N4/c1-46(47(48,49)50,38-26-22-36(23-27-38)44-51-40(32-14-6-2-7-15-32)30-41(52-44)33-16-8-3-9-17-33)39-28-24-37(25-29-39)45-53-42(34-18-10-4-11-19-34)31-43(54-45)35-20-12-5-13-21-35/h2-31H,1H3. The predicted octanol–water partition coefficient (Wildman–Crippen LogP) is 12.1. The summed E-state index contributed by atoms with van der Waals surface area (Å²) in [5.41, 5.74) is 5.64. The Morgan fingerprint density at radius 2 is 0.593 bits per heavy atom. The van der Waals surface area contributed by atoms with Crippen LogP contribution in [0.3, 0.4) is 0 Å². The van der Waals surface area contributed by atoms with Crippen LogP contribution in [0.1, 0.15) is 18.1 Å². The van der Waals surface area contributed by atoms with Crippen LogP contribution in [0.15, 0.2) is 182 Å². The normalized spacial score (nSPS) is 11.7. The Hall–Kier alpha value is -6.73. The van der Waals surface area contributed by atoms with E-state index in [9.17, 15) is 0 Å². The summed E-state index contributed by atoms with van der Waals surface area (Å²) in [4.78, 5) is 19.4. The van der Waals surface area contributed by atoms with E-state index in [0.717, 1.165) is 45.0 Å². The van der Waals surface area contributed by atoms with Gasteiger partial charge in [-0.05, 0) is 30.2 Å². The maximum absolute atomic E-state index is 15.2. The highest BCUT2D eigenvalue weighted by molar-refractivity contribution is 5.73. The molecule has 8 aromatic rings. The Kier molecular flexibility index (Phi) is 9.14. The fourth-order valence-electron chi connectivity index (χ4n) is 6.58. The number of benzene rings is 6. The van der Waals surface area contributed by atoms with Crippen LogP contribution in [0.4, 0.5) is 13.2 Å². The van der Waals surface area contributed by atoms with E-state index in [1.807, 2.05) is 133 Å². The summed E-state index contributed by atoms with van der Waals surface area (Å²) >= 11 is 0. The zero-order chi connectivity index (χ0) is 37.1. The van der Waals surface area contributed by atoms with E-state index < -0.39 is 11.6 Å². The van der Waals surface area contributed by atoms with Crippen molar-refractivity contribution >= 4 is 0 Å². The van der Waals surface area contributed by atoms with Crippen molar-refractivity contribution in [1.29, 1.82) is 0 Å². The molecule has 0 aliphatic heterocycles. The number of rotatable bonds is 8. The third-order valence-electron chi connectivity index (χ3n) is 9.74. The average molecular weight is 711 g/mol. The lowest BCUT2D eigenvalue weighted by atomic mass is 9.75. The first-order valence-corrected chi connectivity index (χ1v) is 17.5. The van der Waals surface area contributed by atoms with Gasteiger partial charge in [0.05, 0.1) is 22.8 Å². The van der Waals surface area contributed by atoms with Gasteiger partial charge in [0.25, 0.3) is 0 Å². The van der Waals surface area contributed by atoms with Gasteiger partial charge in [-0.25, -0.2) is 19.9 Å². The first-order chi connectivity index (χ1) is 26.3. The highest BCUT2D eigenvalue weighted by Crippen LogP contribution is 2.47. The van der Waals surface area contributed by atoms with Crippen molar-refractivity contribution in [3.8, 4) is 67.8 Å². The Bertz CT molecular complexity index is 2220. The molecule has 0 saturated heterocycles. The zero-order valence-electron chi connectivity index (χ0n) is 29.2. The highest BCUT2D eigenvalue weighted by atomic mass is 19.4. The number of hydrogen-bond donors (Lipinski definition) is 0. The van der Waals surface area contributed by atoms with Crippen molar-refractivity contribution in [2.45, 2.75) is 18.5 Å². The molecule has 7 heteroatoms. The Labute approximate surface area is 311 Å². The molecule has 6 aromatic carbocycles. The van der Waals surface area contributed by atoms with Gasteiger partial charge in [0.1, 0.15) is 5.41 Å². The maximum atomic E-state index is 15.2. The van der Waals surface area contributed by atoms with Crippen molar-refractivity contribution in [2.75, 3.05) is 0 Å². The summed E-state index contributed by atoms with van der Waals surface area (Å²) in [6, 6.07) is 55.7.